The van der Waals surface area contributed by atoms with Crippen molar-refractivity contribution in [3.8, 4) is 5.75 Å². The molecule has 4 nitrogen and oxygen atoms in total. The number of benzene rings is 2. The number of nitrogens with one attached hydrogen (secondary N) is 2. The van der Waals surface area contributed by atoms with Gasteiger partial charge in [-0.3, -0.25) is 4.79 Å². The molecule has 3 aromatic rings. The normalized spacial score (nSPS) is 15.4. The van der Waals surface area contributed by atoms with Crippen molar-refractivity contribution in [1.29, 1.82) is 0 Å². The van der Waals surface area contributed by atoms with Gasteiger partial charge in [-0.1, -0.05) is 37.3 Å². The Balaban J connectivity index is 1.75. The summed E-state index contributed by atoms with van der Waals surface area (Å²) in [6, 6.07) is 20.3. The fourth-order valence-corrected chi connectivity index (χ4v) is 5.49. The molecule has 2 heterocycles. The topological polar surface area (TPSA) is 42.8 Å². The predicted octanol–water partition coefficient (Wildman–Crippen LogP) is 4.73. The second kappa shape index (κ2) is 10.1. The van der Waals surface area contributed by atoms with Gasteiger partial charge in [-0.2, -0.15) is 0 Å². The first-order chi connectivity index (χ1) is 15.2. The van der Waals surface area contributed by atoms with Crippen LogP contribution in [0.15, 0.2) is 60.7 Å². The lowest BCUT2D eigenvalue weighted by atomic mass is 9.95. The van der Waals surface area contributed by atoms with E-state index in [1.165, 1.54) is 35.3 Å². The monoisotopic (exact) mass is 435 g/mol. The molecule has 1 saturated heterocycles. The maximum Gasteiger partial charge on any atom is 0.256 e. The maximum atomic E-state index is 13.0. The molecule has 162 valence electrons. The van der Waals surface area contributed by atoms with Gasteiger partial charge in [0.05, 0.1) is 20.2 Å². The first kappa shape index (κ1) is 21.6. The van der Waals surface area contributed by atoms with Crippen LogP contribution in [-0.2, 0) is 6.42 Å². The summed E-state index contributed by atoms with van der Waals surface area (Å²) in [5.74, 6) is 0.823. The highest BCUT2D eigenvalue weighted by Gasteiger charge is 2.32. The third-order valence-corrected chi connectivity index (χ3v) is 7.28. The number of thiophene rings is 1. The number of hydrogen-bond acceptors (Lipinski definition) is 3. The number of methoxy groups -OCH3 is 1. The van der Waals surface area contributed by atoms with Gasteiger partial charge >= 0.3 is 0 Å². The number of carbonyl (C=O) groups is 1. The smallest absolute Gasteiger partial charge is 0.256 e. The van der Waals surface area contributed by atoms with Crippen molar-refractivity contribution in [2.24, 2.45) is 0 Å². The lowest BCUT2D eigenvalue weighted by Crippen LogP contribution is -3.13. The minimum absolute atomic E-state index is 0.0515. The summed E-state index contributed by atoms with van der Waals surface area (Å²) in [6.45, 7) is 4.46. The van der Waals surface area contributed by atoms with Gasteiger partial charge in [-0.15, -0.1) is 11.3 Å². The molecular weight excluding hydrogens is 404 g/mol. The summed E-state index contributed by atoms with van der Waals surface area (Å²) >= 11 is 1.70. The van der Waals surface area contributed by atoms with Crippen LogP contribution >= 0.6 is 11.3 Å². The van der Waals surface area contributed by atoms with Crippen molar-refractivity contribution in [1.82, 2.24) is 0 Å². The van der Waals surface area contributed by atoms with Gasteiger partial charge in [0.25, 0.3) is 5.91 Å². The van der Waals surface area contributed by atoms with E-state index in [1.807, 2.05) is 36.4 Å². The first-order valence-electron chi connectivity index (χ1n) is 11.2. The van der Waals surface area contributed by atoms with E-state index in [0.29, 0.717) is 5.56 Å². The minimum atomic E-state index is -0.0515. The molecule has 0 radical (unpaired) electrons. The van der Waals surface area contributed by atoms with Crippen LogP contribution in [0.1, 0.15) is 58.6 Å². The molecule has 1 fully saturated rings. The molecule has 1 aliphatic rings. The number of amides is 1. The number of piperidine rings is 1. The van der Waals surface area contributed by atoms with Gasteiger partial charge in [-0.05, 0) is 56.0 Å². The molecule has 1 aliphatic heterocycles. The van der Waals surface area contributed by atoms with Crippen molar-refractivity contribution in [3.63, 3.8) is 0 Å². The molecule has 1 aromatic heterocycles. The van der Waals surface area contributed by atoms with Crippen LogP contribution in [0.5, 0.6) is 5.75 Å². The van der Waals surface area contributed by atoms with Crippen LogP contribution in [0.2, 0.25) is 0 Å². The standard InChI is InChI=1S/C26H30N2O2S/c1-3-22-18-23(26(31-22)27-25(29)19-11-6-4-7-12-19)24(28-15-8-5-9-16-28)20-13-10-14-21(17-20)30-2/h4,6-7,10-14,17-18,24H,3,5,8-9,15-16H2,1-2H3,(H,27,29)/p+1. The zero-order valence-electron chi connectivity index (χ0n) is 18.3. The Morgan fingerprint density at radius 1 is 1.06 bits per heavy atom. The maximum absolute atomic E-state index is 13.0. The van der Waals surface area contributed by atoms with Crippen molar-refractivity contribution in [2.45, 2.75) is 38.6 Å². The SMILES string of the molecule is CCc1cc(C(c2cccc(OC)c2)[NH+]2CCCCC2)c(NC(=O)c2ccccc2)s1. The highest BCUT2D eigenvalue weighted by atomic mass is 32.1. The summed E-state index contributed by atoms with van der Waals surface area (Å²) in [5.41, 5.74) is 3.14. The number of aryl methyl sites for hydroxylation is 1. The van der Waals surface area contributed by atoms with E-state index in [4.69, 9.17) is 4.74 Å². The van der Waals surface area contributed by atoms with E-state index in [1.54, 1.807) is 23.3 Å². The van der Waals surface area contributed by atoms with E-state index in [2.05, 4.69) is 36.5 Å². The molecule has 1 amide bonds. The third kappa shape index (κ3) is 5.00. The number of rotatable bonds is 7. The Hall–Kier alpha value is -2.63. The summed E-state index contributed by atoms with van der Waals surface area (Å²) < 4.78 is 5.53. The van der Waals surface area contributed by atoms with Crippen LogP contribution in [0, 0.1) is 0 Å². The largest absolute Gasteiger partial charge is 0.497 e. The van der Waals surface area contributed by atoms with Gasteiger partial charge in [0, 0.05) is 21.6 Å². The molecule has 5 heteroatoms. The fourth-order valence-electron chi connectivity index (χ4n) is 4.46. The van der Waals surface area contributed by atoms with Gasteiger partial charge in [0.2, 0.25) is 0 Å². The Kier molecular flexibility index (Phi) is 7.05. The van der Waals surface area contributed by atoms with Crippen molar-refractivity contribution < 1.29 is 14.4 Å². The summed E-state index contributed by atoms with van der Waals surface area (Å²) in [5, 5.41) is 4.20. The predicted molar refractivity (Wildman–Crippen MR) is 127 cm³/mol. The molecular formula is C26H31N2O2S+. The van der Waals surface area contributed by atoms with Crippen molar-refractivity contribution in [2.75, 3.05) is 25.5 Å². The average Bonchev–Trinajstić information content (AvgIpc) is 3.23. The Bertz CT molecular complexity index is 1010. The van der Waals surface area contributed by atoms with Crippen LogP contribution in [-0.4, -0.2) is 26.1 Å². The second-order valence-corrected chi connectivity index (χ2v) is 9.24. The molecule has 2 N–H and O–H groups in total. The highest BCUT2D eigenvalue weighted by molar-refractivity contribution is 7.16. The Labute approximate surface area is 188 Å². The number of likely N-dealkylation sites (tertiary alicyclic amines) is 1. The third-order valence-electron chi connectivity index (χ3n) is 6.07. The second-order valence-electron chi connectivity index (χ2n) is 8.10. The Morgan fingerprint density at radius 3 is 2.55 bits per heavy atom. The van der Waals surface area contributed by atoms with Crippen LogP contribution in [0.4, 0.5) is 5.00 Å². The zero-order chi connectivity index (χ0) is 21.6. The number of quaternary nitrogens is 1. The van der Waals surface area contributed by atoms with Crippen LogP contribution in [0.3, 0.4) is 0 Å². The zero-order valence-corrected chi connectivity index (χ0v) is 19.1. The molecule has 1 unspecified atom stereocenters. The van der Waals surface area contributed by atoms with Gasteiger partial charge < -0.3 is 15.0 Å². The Morgan fingerprint density at radius 2 is 1.84 bits per heavy atom. The molecule has 4 rings (SSSR count). The van der Waals surface area contributed by atoms with Crippen molar-refractivity contribution in [3.05, 3.63) is 82.2 Å². The quantitative estimate of drug-likeness (QED) is 0.563. The molecule has 1 atom stereocenters. The number of ether oxygens (including phenoxy) is 1. The molecule has 31 heavy (non-hydrogen) atoms. The molecule has 0 aliphatic carbocycles. The molecule has 2 aromatic carbocycles. The number of carbonyl (C=O) groups excluding carboxylic acids is 1. The fraction of sp³-hybridized carbons (Fsp3) is 0.346. The van der Waals surface area contributed by atoms with Gasteiger partial charge in [0.15, 0.2) is 0 Å². The summed E-state index contributed by atoms with van der Waals surface area (Å²) in [7, 11) is 1.72. The van der Waals surface area contributed by atoms with Crippen molar-refractivity contribution >= 4 is 22.2 Å². The van der Waals surface area contributed by atoms with E-state index < -0.39 is 0 Å². The highest BCUT2D eigenvalue weighted by Crippen LogP contribution is 2.36. The minimum Gasteiger partial charge on any atom is -0.497 e. The number of anilines is 1. The van der Waals surface area contributed by atoms with E-state index in [0.717, 1.165) is 30.3 Å². The van der Waals surface area contributed by atoms with Crippen LogP contribution in [0.25, 0.3) is 0 Å². The van der Waals surface area contributed by atoms with Gasteiger partial charge in [-0.25, -0.2) is 0 Å². The lowest BCUT2D eigenvalue weighted by Gasteiger charge is -2.32. The number of hydrogen-bond donors (Lipinski definition) is 2. The van der Waals surface area contributed by atoms with Gasteiger partial charge in [0.1, 0.15) is 16.8 Å². The first-order valence-corrected chi connectivity index (χ1v) is 12.0. The molecule has 0 saturated carbocycles. The molecule has 0 bridgehead atoms. The molecule has 0 spiro atoms. The van der Waals surface area contributed by atoms with E-state index >= 15 is 0 Å². The van der Waals surface area contributed by atoms with E-state index in [9.17, 15) is 4.79 Å². The summed E-state index contributed by atoms with van der Waals surface area (Å²) in [4.78, 5) is 15.8. The van der Waals surface area contributed by atoms with E-state index in [-0.39, 0.29) is 11.9 Å². The summed E-state index contributed by atoms with van der Waals surface area (Å²) in [6.07, 6.45) is 4.74. The lowest BCUT2D eigenvalue weighted by molar-refractivity contribution is -0.930. The average molecular weight is 436 g/mol. The van der Waals surface area contributed by atoms with Crippen LogP contribution < -0.4 is 15.0 Å².